The van der Waals surface area contributed by atoms with Gasteiger partial charge in [0.15, 0.2) is 5.96 Å². The number of aliphatic imine (C=N–C) groups is 1. The van der Waals surface area contributed by atoms with Crippen LogP contribution in [0.2, 0.25) is 0 Å². The van der Waals surface area contributed by atoms with Crippen LogP contribution >= 0.6 is 24.0 Å². The molecular formula is C22H29IN4O. The Morgan fingerprint density at radius 3 is 2.39 bits per heavy atom. The number of anilines is 1. The SMILES string of the molecule is CN=C(NCc1ccc(N2CCCCC2=O)cc1)NCc1cccc(C)c1.I. The number of rotatable bonds is 5. The Kier molecular flexibility index (Phi) is 8.76. The summed E-state index contributed by atoms with van der Waals surface area (Å²) in [7, 11) is 1.77. The lowest BCUT2D eigenvalue weighted by Crippen LogP contribution is -2.36. The van der Waals surface area contributed by atoms with Crippen LogP contribution in [-0.2, 0) is 17.9 Å². The molecule has 0 unspecified atom stereocenters. The van der Waals surface area contributed by atoms with Crippen molar-refractivity contribution in [2.75, 3.05) is 18.5 Å². The number of guanidine groups is 1. The molecule has 1 heterocycles. The summed E-state index contributed by atoms with van der Waals surface area (Å²) in [5.74, 6) is 1.000. The van der Waals surface area contributed by atoms with Gasteiger partial charge >= 0.3 is 0 Å². The second-order valence-corrected chi connectivity index (χ2v) is 6.94. The van der Waals surface area contributed by atoms with Crippen LogP contribution in [0.3, 0.4) is 0 Å². The van der Waals surface area contributed by atoms with E-state index in [1.807, 2.05) is 17.0 Å². The van der Waals surface area contributed by atoms with Gasteiger partial charge in [-0.15, -0.1) is 24.0 Å². The zero-order valence-electron chi connectivity index (χ0n) is 16.6. The molecule has 5 nitrogen and oxygen atoms in total. The quantitative estimate of drug-likeness (QED) is 0.377. The van der Waals surface area contributed by atoms with Gasteiger partial charge in [-0.05, 0) is 43.0 Å². The molecule has 0 aliphatic carbocycles. The molecule has 1 fully saturated rings. The van der Waals surface area contributed by atoms with Crippen molar-refractivity contribution in [1.29, 1.82) is 0 Å². The van der Waals surface area contributed by atoms with Crippen LogP contribution in [0.25, 0.3) is 0 Å². The highest BCUT2D eigenvalue weighted by Gasteiger charge is 2.19. The Morgan fingerprint density at radius 2 is 1.75 bits per heavy atom. The lowest BCUT2D eigenvalue weighted by atomic mass is 10.1. The molecule has 2 aromatic carbocycles. The Hall–Kier alpha value is -2.09. The summed E-state index contributed by atoms with van der Waals surface area (Å²) >= 11 is 0. The number of hydrogen-bond donors (Lipinski definition) is 2. The van der Waals surface area contributed by atoms with Gasteiger partial charge in [0, 0.05) is 38.8 Å². The summed E-state index contributed by atoms with van der Waals surface area (Å²) in [6.07, 6.45) is 2.75. The molecule has 1 aliphatic heterocycles. The molecule has 0 aromatic heterocycles. The number of nitrogens with one attached hydrogen (secondary N) is 2. The van der Waals surface area contributed by atoms with Crippen LogP contribution in [0.15, 0.2) is 53.5 Å². The number of carbonyl (C=O) groups is 1. The minimum absolute atomic E-state index is 0. The van der Waals surface area contributed by atoms with Gasteiger partial charge in [0.25, 0.3) is 0 Å². The smallest absolute Gasteiger partial charge is 0.226 e. The van der Waals surface area contributed by atoms with E-state index in [1.165, 1.54) is 11.1 Å². The van der Waals surface area contributed by atoms with Crippen LogP contribution < -0.4 is 15.5 Å². The molecule has 0 saturated carbocycles. The largest absolute Gasteiger partial charge is 0.352 e. The molecule has 0 bridgehead atoms. The van der Waals surface area contributed by atoms with Gasteiger partial charge in [0.2, 0.25) is 5.91 Å². The van der Waals surface area contributed by atoms with E-state index in [0.717, 1.165) is 43.1 Å². The molecule has 6 heteroatoms. The molecule has 0 atom stereocenters. The molecule has 3 rings (SSSR count). The summed E-state index contributed by atoms with van der Waals surface area (Å²) < 4.78 is 0. The number of carbonyl (C=O) groups excluding carboxylic acids is 1. The van der Waals surface area contributed by atoms with Crippen molar-refractivity contribution in [2.24, 2.45) is 4.99 Å². The molecule has 0 spiro atoms. The van der Waals surface area contributed by atoms with Crippen molar-refractivity contribution in [3.63, 3.8) is 0 Å². The van der Waals surface area contributed by atoms with Crippen LogP contribution in [0, 0.1) is 6.92 Å². The molecule has 0 radical (unpaired) electrons. The molecule has 1 aliphatic rings. The fraction of sp³-hybridized carbons (Fsp3) is 0.364. The van der Waals surface area contributed by atoms with Crippen molar-refractivity contribution >= 4 is 41.5 Å². The van der Waals surface area contributed by atoms with Crippen molar-refractivity contribution in [3.8, 4) is 0 Å². The molecule has 2 aromatic rings. The van der Waals surface area contributed by atoms with Gasteiger partial charge in [-0.25, -0.2) is 0 Å². The first kappa shape index (κ1) is 22.2. The average Bonchev–Trinajstić information content (AvgIpc) is 2.69. The van der Waals surface area contributed by atoms with Gasteiger partial charge in [0.05, 0.1) is 0 Å². The van der Waals surface area contributed by atoms with Crippen molar-refractivity contribution in [2.45, 2.75) is 39.3 Å². The number of hydrogen-bond acceptors (Lipinski definition) is 2. The normalized spacial score (nSPS) is 14.4. The van der Waals surface area contributed by atoms with Gasteiger partial charge in [-0.1, -0.05) is 42.0 Å². The standard InChI is InChI=1S/C22H28N4O.HI/c1-17-6-5-7-19(14-17)16-25-22(23-2)24-15-18-9-11-20(12-10-18)26-13-4-3-8-21(26)27;/h5-7,9-12,14H,3-4,8,13,15-16H2,1-2H3,(H2,23,24,25);1H. The Labute approximate surface area is 184 Å². The number of amides is 1. The predicted octanol–water partition coefficient (Wildman–Crippen LogP) is 4.00. The Balaban J connectivity index is 0.00000280. The minimum Gasteiger partial charge on any atom is -0.352 e. The number of aryl methyl sites for hydroxylation is 1. The van der Waals surface area contributed by atoms with E-state index in [0.29, 0.717) is 13.0 Å². The van der Waals surface area contributed by atoms with E-state index in [1.54, 1.807) is 7.05 Å². The summed E-state index contributed by atoms with van der Waals surface area (Å²) in [4.78, 5) is 18.2. The summed E-state index contributed by atoms with van der Waals surface area (Å²) in [5, 5.41) is 6.67. The topological polar surface area (TPSA) is 56.7 Å². The van der Waals surface area contributed by atoms with Crippen LogP contribution in [0.1, 0.15) is 36.0 Å². The molecule has 1 amide bonds. The zero-order valence-corrected chi connectivity index (χ0v) is 18.9. The maximum atomic E-state index is 12.0. The number of halogens is 1. The average molecular weight is 492 g/mol. The Bertz CT molecular complexity index is 804. The van der Waals surface area contributed by atoms with Crippen molar-refractivity contribution < 1.29 is 4.79 Å². The second-order valence-electron chi connectivity index (χ2n) is 6.94. The predicted molar refractivity (Wildman–Crippen MR) is 126 cm³/mol. The van der Waals surface area contributed by atoms with E-state index in [2.05, 4.69) is 58.9 Å². The molecule has 28 heavy (non-hydrogen) atoms. The van der Waals surface area contributed by atoms with Crippen LogP contribution in [0.4, 0.5) is 5.69 Å². The third-order valence-corrected chi connectivity index (χ3v) is 4.80. The fourth-order valence-electron chi connectivity index (χ4n) is 3.29. The molecule has 1 saturated heterocycles. The maximum absolute atomic E-state index is 12.0. The van der Waals surface area contributed by atoms with E-state index in [-0.39, 0.29) is 29.9 Å². The van der Waals surface area contributed by atoms with Crippen LogP contribution in [0.5, 0.6) is 0 Å². The summed E-state index contributed by atoms with van der Waals surface area (Å²) in [6, 6.07) is 16.6. The third-order valence-electron chi connectivity index (χ3n) is 4.80. The summed E-state index contributed by atoms with van der Waals surface area (Å²) in [6.45, 7) is 4.34. The zero-order chi connectivity index (χ0) is 19.1. The third kappa shape index (κ3) is 6.22. The maximum Gasteiger partial charge on any atom is 0.226 e. The molecule has 2 N–H and O–H groups in total. The van der Waals surface area contributed by atoms with Gasteiger partial charge in [0.1, 0.15) is 0 Å². The lowest BCUT2D eigenvalue weighted by Gasteiger charge is -2.26. The number of nitrogens with zero attached hydrogens (tertiary/aromatic N) is 2. The highest BCUT2D eigenvalue weighted by molar-refractivity contribution is 14.0. The first-order valence-electron chi connectivity index (χ1n) is 9.55. The summed E-state index contributed by atoms with van der Waals surface area (Å²) in [5.41, 5.74) is 4.63. The van der Waals surface area contributed by atoms with Gasteiger partial charge in [-0.2, -0.15) is 0 Å². The molecule has 150 valence electrons. The van der Waals surface area contributed by atoms with E-state index >= 15 is 0 Å². The van der Waals surface area contributed by atoms with E-state index in [4.69, 9.17) is 0 Å². The monoisotopic (exact) mass is 492 g/mol. The first-order valence-corrected chi connectivity index (χ1v) is 9.55. The van der Waals surface area contributed by atoms with E-state index < -0.39 is 0 Å². The second kappa shape index (κ2) is 11.0. The highest BCUT2D eigenvalue weighted by atomic mass is 127. The van der Waals surface area contributed by atoms with Crippen LogP contribution in [-0.4, -0.2) is 25.5 Å². The van der Waals surface area contributed by atoms with E-state index in [9.17, 15) is 4.79 Å². The van der Waals surface area contributed by atoms with Gasteiger partial charge in [-0.3, -0.25) is 9.79 Å². The van der Waals surface area contributed by atoms with Crippen molar-refractivity contribution in [3.05, 3.63) is 65.2 Å². The van der Waals surface area contributed by atoms with Crippen molar-refractivity contribution in [1.82, 2.24) is 10.6 Å². The number of piperidine rings is 1. The first-order chi connectivity index (χ1) is 13.2. The Morgan fingerprint density at radius 1 is 1.04 bits per heavy atom. The minimum atomic E-state index is 0. The lowest BCUT2D eigenvalue weighted by molar-refractivity contribution is -0.119. The van der Waals surface area contributed by atoms with Gasteiger partial charge < -0.3 is 15.5 Å². The highest BCUT2D eigenvalue weighted by Crippen LogP contribution is 2.21. The fourth-order valence-corrected chi connectivity index (χ4v) is 3.29. The molecular weight excluding hydrogens is 463 g/mol. The number of benzene rings is 2.